The smallest absolute Gasteiger partial charge is 0.338 e. The van der Waals surface area contributed by atoms with E-state index in [9.17, 15) is 13.6 Å². The first kappa shape index (κ1) is 33.1. The number of hydrogen-bond donors (Lipinski definition) is 0. The highest BCUT2D eigenvalue weighted by Gasteiger charge is 2.27. The fourth-order valence-electron chi connectivity index (χ4n) is 6.51. The molecule has 0 N–H and O–H groups in total. The zero-order valence-corrected chi connectivity index (χ0v) is 28.1. The summed E-state index contributed by atoms with van der Waals surface area (Å²) in [5.74, 6) is 1.50. The Bertz CT molecular complexity index is 1940. The molecular formula is C37H42F2N6O4. The van der Waals surface area contributed by atoms with Crippen molar-refractivity contribution in [3.63, 3.8) is 0 Å². The molecular weight excluding hydrogens is 630 g/mol. The van der Waals surface area contributed by atoms with Gasteiger partial charge in [-0.15, -0.1) is 0 Å². The summed E-state index contributed by atoms with van der Waals surface area (Å²) in [5.41, 5.74) is 4.30. The Morgan fingerprint density at radius 3 is 2.57 bits per heavy atom. The Kier molecular flexibility index (Phi) is 9.34. The van der Waals surface area contributed by atoms with Crippen LogP contribution in [0.5, 0.6) is 5.88 Å². The summed E-state index contributed by atoms with van der Waals surface area (Å²) in [6.07, 6.45) is 2.26. The molecule has 49 heavy (non-hydrogen) atoms. The van der Waals surface area contributed by atoms with Gasteiger partial charge in [0.15, 0.2) is 0 Å². The first-order chi connectivity index (χ1) is 23.6. The lowest BCUT2D eigenvalue weighted by molar-refractivity contribution is -0.0592. The number of carbonyl (C=O) groups excluding carboxylic acids is 1. The van der Waals surface area contributed by atoms with Gasteiger partial charge in [-0.25, -0.2) is 23.5 Å². The van der Waals surface area contributed by atoms with Gasteiger partial charge in [0, 0.05) is 35.9 Å². The molecule has 0 bridgehead atoms. The molecule has 0 aliphatic carbocycles. The number of piperidine rings is 1. The molecule has 2 aliphatic heterocycles. The van der Waals surface area contributed by atoms with E-state index in [0.29, 0.717) is 42.6 Å². The van der Waals surface area contributed by atoms with Crippen LogP contribution in [0.4, 0.5) is 8.78 Å². The number of imidazole rings is 1. The number of carbonyl (C=O) groups is 1. The van der Waals surface area contributed by atoms with Crippen LogP contribution in [0.25, 0.3) is 21.9 Å². The molecule has 2 fully saturated rings. The summed E-state index contributed by atoms with van der Waals surface area (Å²) in [7, 11) is 0. The first-order valence-corrected chi connectivity index (χ1v) is 17.0. The van der Waals surface area contributed by atoms with Crippen LogP contribution >= 0.6 is 0 Å². The second-order valence-corrected chi connectivity index (χ2v) is 14.0. The van der Waals surface area contributed by atoms with E-state index in [1.165, 1.54) is 4.68 Å². The number of nitrogens with zero attached hydrogens (tertiary/aromatic N) is 6. The van der Waals surface area contributed by atoms with Gasteiger partial charge in [0.1, 0.15) is 24.6 Å². The predicted molar refractivity (Wildman–Crippen MR) is 181 cm³/mol. The molecule has 0 saturated carbocycles. The summed E-state index contributed by atoms with van der Waals surface area (Å²) in [6.45, 7) is 9.48. The molecule has 2 saturated heterocycles. The highest BCUT2D eigenvalue weighted by atomic mass is 19.3. The summed E-state index contributed by atoms with van der Waals surface area (Å²) in [5, 5.41) is 5.08. The maximum atomic E-state index is 12.8. The molecule has 258 valence electrons. The SMILES string of the molecule is CC(C)(C)OC(=O)c1ccc2nc(CN3CCC(c4cccc(OCc5ccc6cn(CC(F)F)nc6c5)n4)CC3)n(CC3CCO3)c2c1. The average molecular weight is 673 g/mol. The Morgan fingerprint density at radius 1 is 1.02 bits per heavy atom. The summed E-state index contributed by atoms with van der Waals surface area (Å²) in [6, 6.07) is 17.2. The summed E-state index contributed by atoms with van der Waals surface area (Å²) < 4.78 is 46.5. The van der Waals surface area contributed by atoms with E-state index in [0.717, 1.165) is 72.5 Å². The summed E-state index contributed by atoms with van der Waals surface area (Å²) in [4.78, 5) is 25.1. The Hall–Kier alpha value is -4.42. The highest BCUT2D eigenvalue weighted by molar-refractivity contribution is 5.94. The Morgan fingerprint density at radius 2 is 1.84 bits per heavy atom. The maximum Gasteiger partial charge on any atom is 0.338 e. The molecule has 0 amide bonds. The molecule has 0 spiro atoms. The number of halogens is 2. The monoisotopic (exact) mass is 672 g/mol. The van der Waals surface area contributed by atoms with Crippen molar-refractivity contribution in [1.29, 1.82) is 0 Å². The van der Waals surface area contributed by atoms with E-state index in [1.807, 2.05) is 63.2 Å². The van der Waals surface area contributed by atoms with Crippen LogP contribution in [0.3, 0.4) is 0 Å². The van der Waals surface area contributed by atoms with E-state index in [-0.39, 0.29) is 12.1 Å². The standard InChI is InChI=1S/C37H42F2N6O4/c1-37(2,3)49-36(46)26-9-10-30-32(18-26)45(20-28-13-16-47-28)34(40-30)22-43-14-11-25(12-15-43)29-5-4-6-35(41-29)48-23-24-7-8-27-19-44(21-33(38)39)42-31(27)17-24/h4-10,17-19,25,28,33H,11-16,20-23H2,1-3H3. The molecule has 10 nitrogen and oxygen atoms in total. The first-order valence-electron chi connectivity index (χ1n) is 17.0. The molecule has 2 aliphatic rings. The third kappa shape index (κ3) is 7.91. The minimum Gasteiger partial charge on any atom is -0.473 e. The molecule has 12 heteroatoms. The second kappa shape index (κ2) is 13.8. The van der Waals surface area contributed by atoms with Gasteiger partial charge < -0.3 is 18.8 Å². The fourth-order valence-corrected chi connectivity index (χ4v) is 6.51. The van der Waals surface area contributed by atoms with E-state index in [2.05, 4.69) is 20.6 Å². The molecule has 2 aromatic carbocycles. The minimum absolute atomic E-state index is 0.145. The number of aromatic nitrogens is 5. The second-order valence-electron chi connectivity index (χ2n) is 14.0. The predicted octanol–water partition coefficient (Wildman–Crippen LogP) is 6.75. The van der Waals surface area contributed by atoms with Crippen LogP contribution in [0.2, 0.25) is 0 Å². The van der Waals surface area contributed by atoms with Crippen LogP contribution in [-0.2, 0) is 35.7 Å². The average Bonchev–Trinajstić information content (AvgIpc) is 3.60. The lowest BCUT2D eigenvalue weighted by Crippen LogP contribution is -2.35. The summed E-state index contributed by atoms with van der Waals surface area (Å²) >= 11 is 0. The van der Waals surface area contributed by atoms with Gasteiger partial charge in [0.05, 0.1) is 41.3 Å². The van der Waals surface area contributed by atoms with E-state index < -0.39 is 18.6 Å². The number of pyridine rings is 1. The van der Waals surface area contributed by atoms with E-state index in [4.69, 9.17) is 24.2 Å². The normalized spacial score (nSPS) is 17.6. The highest BCUT2D eigenvalue weighted by Crippen LogP contribution is 2.30. The number of benzene rings is 2. The third-order valence-corrected chi connectivity index (χ3v) is 9.09. The Balaban J connectivity index is 0.985. The molecule has 5 heterocycles. The number of fused-ring (bicyclic) bond motifs is 2. The van der Waals surface area contributed by atoms with Gasteiger partial charge in [-0.05, 0) is 89.0 Å². The molecule has 0 radical (unpaired) electrons. The van der Waals surface area contributed by atoms with E-state index in [1.54, 1.807) is 12.3 Å². The van der Waals surface area contributed by atoms with Crippen molar-refractivity contribution in [3.05, 3.63) is 83.4 Å². The van der Waals surface area contributed by atoms with Crippen molar-refractivity contribution in [2.75, 3.05) is 19.7 Å². The minimum atomic E-state index is -2.45. The van der Waals surface area contributed by atoms with Crippen molar-refractivity contribution in [2.24, 2.45) is 0 Å². The number of esters is 1. The number of hydrogen-bond acceptors (Lipinski definition) is 8. The van der Waals surface area contributed by atoms with Crippen LogP contribution in [0.15, 0.2) is 60.8 Å². The van der Waals surface area contributed by atoms with Crippen molar-refractivity contribution in [1.82, 2.24) is 29.2 Å². The van der Waals surface area contributed by atoms with Crippen LogP contribution in [0.1, 0.15) is 73.4 Å². The quantitative estimate of drug-likeness (QED) is 0.142. The number of alkyl halides is 2. The molecule has 7 rings (SSSR count). The molecule has 3 aromatic heterocycles. The van der Waals surface area contributed by atoms with Crippen molar-refractivity contribution < 1.29 is 27.8 Å². The van der Waals surface area contributed by atoms with Crippen LogP contribution in [0, 0.1) is 0 Å². The topological polar surface area (TPSA) is 96.5 Å². The fraction of sp³-hybridized carbons (Fsp3) is 0.459. The van der Waals surface area contributed by atoms with Gasteiger partial charge >= 0.3 is 5.97 Å². The molecule has 1 atom stereocenters. The molecule has 1 unspecified atom stereocenters. The molecule has 5 aromatic rings. The van der Waals surface area contributed by atoms with Crippen molar-refractivity contribution >= 4 is 27.9 Å². The zero-order chi connectivity index (χ0) is 34.1. The van der Waals surface area contributed by atoms with Gasteiger partial charge in [0.2, 0.25) is 5.88 Å². The maximum absolute atomic E-state index is 12.8. The zero-order valence-electron chi connectivity index (χ0n) is 28.1. The number of ether oxygens (including phenoxy) is 3. The number of likely N-dealkylation sites (tertiary alicyclic amines) is 1. The lowest BCUT2D eigenvalue weighted by Gasteiger charge is -2.32. The number of rotatable bonds is 11. The van der Waals surface area contributed by atoms with Crippen LogP contribution in [-0.4, -0.2) is 73.0 Å². The largest absolute Gasteiger partial charge is 0.473 e. The third-order valence-electron chi connectivity index (χ3n) is 9.09. The van der Waals surface area contributed by atoms with Gasteiger partial charge in [-0.1, -0.05) is 18.2 Å². The van der Waals surface area contributed by atoms with Gasteiger partial charge in [-0.3, -0.25) is 9.58 Å². The Labute approximate surface area is 284 Å². The van der Waals surface area contributed by atoms with Crippen LogP contribution < -0.4 is 4.74 Å². The van der Waals surface area contributed by atoms with Crippen molar-refractivity contribution in [3.8, 4) is 5.88 Å². The lowest BCUT2D eigenvalue weighted by atomic mass is 9.93. The van der Waals surface area contributed by atoms with Gasteiger partial charge in [-0.2, -0.15) is 5.10 Å². The van der Waals surface area contributed by atoms with Gasteiger partial charge in [0.25, 0.3) is 6.43 Å². The van der Waals surface area contributed by atoms with E-state index >= 15 is 0 Å². The van der Waals surface area contributed by atoms with Crippen molar-refractivity contribution in [2.45, 2.75) is 90.3 Å².